The van der Waals surface area contributed by atoms with Crippen molar-refractivity contribution in [1.82, 2.24) is 10.2 Å². The van der Waals surface area contributed by atoms with Crippen LogP contribution in [0.25, 0.3) is 0 Å². The van der Waals surface area contributed by atoms with Crippen molar-refractivity contribution < 1.29 is 146 Å². The van der Waals surface area contributed by atoms with Gasteiger partial charge in [0.05, 0.1) is 20.3 Å². The summed E-state index contributed by atoms with van der Waals surface area (Å²) in [7, 11) is -11.4. The summed E-state index contributed by atoms with van der Waals surface area (Å²) in [5.41, 5.74) is 0. The molecule has 19 heteroatoms. The predicted molar refractivity (Wildman–Crippen MR) is 72.3 cm³/mol. The number of nitrogens with one attached hydrogen (secondary N) is 1. The molecule has 150 valence electrons. The summed E-state index contributed by atoms with van der Waals surface area (Å²) in [6, 6.07) is -0.887. The molecule has 2 saturated heterocycles. The molecule has 2 fully saturated rings. The first-order valence-electron chi connectivity index (χ1n) is 7.13. The van der Waals surface area contributed by atoms with Gasteiger partial charge in [-0.2, -0.15) is 0 Å². The molecular formula is C10H15N2Na3O12P2. The third-order valence-electron chi connectivity index (χ3n) is 3.65. The van der Waals surface area contributed by atoms with E-state index < -0.39 is 64.6 Å². The summed E-state index contributed by atoms with van der Waals surface area (Å²) in [5, 5.41) is 21.9. The molecule has 0 aromatic rings. The number of urea groups is 1. The van der Waals surface area contributed by atoms with Crippen molar-refractivity contribution in [1.29, 1.82) is 0 Å². The Kier molecular flexibility index (Phi) is 15.0. The molecule has 6 atom stereocenters. The molecule has 2 rings (SSSR count). The fourth-order valence-corrected chi connectivity index (χ4v) is 3.91. The summed E-state index contributed by atoms with van der Waals surface area (Å²) in [5.74, 6) is -1.17. The Labute approximate surface area is 231 Å². The van der Waals surface area contributed by atoms with Crippen LogP contribution in [0.3, 0.4) is 0 Å². The van der Waals surface area contributed by atoms with Crippen LogP contribution < -0.4 is 109 Å². The van der Waals surface area contributed by atoms with Crippen LogP contribution in [-0.2, 0) is 27.5 Å². The molecule has 0 spiro atoms. The second-order valence-electron chi connectivity index (χ2n) is 5.67. The molecule has 6 unspecified atom stereocenters. The fraction of sp³-hybridized carbons (Fsp3) is 0.800. The van der Waals surface area contributed by atoms with Gasteiger partial charge in [0.25, 0.3) is 7.82 Å². The Morgan fingerprint density at radius 2 is 1.72 bits per heavy atom. The SMILES string of the molecule is CC1CN(C2OC(COP(=O)([O-])OP(=O)([O-])[O-])C(O)C2O)C(=O)NC1=O.[Na+].[Na+].[Na+]. The largest absolute Gasteiger partial charge is 1.00 e. The van der Waals surface area contributed by atoms with E-state index in [1.807, 2.05) is 5.32 Å². The van der Waals surface area contributed by atoms with Gasteiger partial charge < -0.3 is 38.7 Å². The number of nitrogens with zero attached hydrogens (tertiary/aromatic N) is 1. The molecule has 29 heavy (non-hydrogen) atoms. The number of ether oxygens (including phenoxy) is 1. The van der Waals surface area contributed by atoms with Crippen LogP contribution in [-0.4, -0.2) is 64.7 Å². The second-order valence-corrected chi connectivity index (χ2v) is 8.37. The molecule has 0 aromatic heterocycles. The number of imide groups is 1. The molecule has 3 N–H and O–H groups in total. The first-order chi connectivity index (χ1) is 11.8. The summed E-state index contributed by atoms with van der Waals surface area (Å²) < 4.78 is 34.1. The maximum atomic E-state index is 11.8. The van der Waals surface area contributed by atoms with Gasteiger partial charge in [-0.15, -0.1) is 0 Å². The number of aliphatic hydroxyl groups excluding tert-OH is 2. The first kappa shape index (κ1) is 33.3. The van der Waals surface area contributed by atoms with Gasteiger partial charge in [-0.05, 0) is 0 Å². The molecule has 0 aliphatic carbocycles. The zero-order valence-electron chi connectivity index (χ0n) is 16.1. The Balaban J connectivity index is 0. The Hall–Kier alpha value is 2.08. The van der Waals surface area contributed by atoms with Gasteiger partial charge in [-0.25, -0.2) is 4.79 Å². The summed E-state index contributed by atoms with van der Waals surface area (Å²) in [6.07, 6.45) is -6.32. The molecule has 0 aromatic carbocycles. The van der Waals surface area contributed by atoms with Crippen LogP contribution in [0.1, 0.15) is 6.92 Å². The van der Waals surface area contributed by atoms with Gasteiger partial charge in [0.2, 0.25) is 5.91 Å². The standard InChI is InChI=1S/C10H18N2O12P2.3Na/c1-4-2-12(10(16)11-8(4)15)9-7(14)6(13)5(23-9)3-22-26(20,21)24-25(17,18)19;;;/h4-7,9,13-14H,2-3H2,1H3,(H,20,21)(H,11,15,16)(H2,17,18,19);;;/q;3*+1/p-3. The molecule has 2 heterocycles. The number of phosphoric acid groups is 2. The first-order valence-corrected chi connectivity index (χ1v) is 10.0. The van der Waals surface area contributed by atoms with Crippen LogP contribution in [0.15, 0.2) is 0 Å². The van der Waals surface area contributed by atoms with Gasteiger partial charge in [0, 0.05) is 6.54 Å². The van der Waals surface area contributed by atoms with Crippen LogP contribution in [0.2, 0.25) is 0 Å². The number of rotatable bonds is 6. The van der Waals surface area contributed by atoms with E-state index in [2.05, 4.69) is 8.83 Å². The van der Waals surface area contributed by atoms with E-state index in [0.717, 1.165) is 4.90 Å². The van der Waals surface area contributed by atoms with Crippen LogP contribution in [0.5, 0.6) is 0 Å². The Bertz CT molecular complexity index is 680. The Morgan fingerprint density at radius 1 is 1.17 bits per heavy atom. The van der Waals surface area contributed by atoms with E-state index in [1.165, 1.54) is 6.92 Å². The quantitative estimate of drug-likeness (QED) is 0.235. The number of phosphoric ester groups is 1. The van der Waals surface area contributed by atoms with E-state index in [-0.39, 0.29) is 95.2 Å². The Morgan fingerprint density at radius 3 is 2.24 bits per heavy atom. The number of hydrogen-bond acceptors (Lipinski definition) is 12. The molecule has 14 nitrogen and oxygen atoms in total. The van der Waals surface area contributed by atoms with E-state index in [0.29, 0.717) is 0 Å². The minimum absolute atomic E-state index is 0. The van der Waals surface area contributed by atoms with Gasteiger partial charge in [-0.1, -0.05) is 6.92 Å². The molecule has 2 aliphatic rings. The van der Waals surface area contributed by atoms with Crippen LogP contribution >= 0.6 is 15.6 Å². The van der Waals surface area contributed by atoms with Crippen molar-refractivity contribution in [2.24, 2.45) is 5.92 Å². The minimum Gasteiger partial charge on any atom is -0.790 e. The minimum atomic E-state index is -5.88. The molecule has 2 aliphatic heterocycles. The van der Waals surface area contributed by atoms with Crippen LogP contribution in [0, 0.1) is 5.92 Å². The predicted octanol–water partition coefficient (Wildman–Crippen LogP) is -13.0. The van der Waals surface area contributed by atoms with Crippen molar-refractivity contribution in [3.05, 3.63) is 0 Å². The summed E-state index contributed by atoms with van der Waals surface area (Å²) >= 11 is 0. The number of carbonyl (C=O) groups is 2. The van der Waals surface area contributed by atoms with Gasteiger partial charge in [0.1, 0.15) is 18.3 Å². The van der Waals surface area contributed by atoms with Crippen LogP contribution in [0.4, 0.5) is 4.79 Å². The average molecular weight is 486 g/mol. The van der Waals surface area contributed by atoms with Crippen molar-refractivity contribution in [2.75, 3.05) is 13.2 Å². The summed E-state index contributed by atoms with van der Waals surface area (Å²) in [6.45, 7) is 0.368. The second kappa shape index (κ2) is 13.1. The maximum Gasteiger partial charge on any atom is 1.00 e. The number of carbonyl (C=O) groups excluding carboxylic acids is 2. The van der Waals surface area contributed by atoms with Crippen molar-refractivity contribution in [3.63, 3.8) is 0 Å². The van der Waals surface area contributed by atoms with Gasteiger partial charge >= 0.3 is 94.7 Å². The number of hydrogen-bond donors (Lipinski definition) is 3. The molecule has 3 amide bonds. The van der Waals surface area contributed by atoms with Gasteiger partial charge in [0.15, 0.2) is 6.23 Å². The average Bonchev–Trinajstić information content (AvgIpc) is 2.75. The van der Waals surface area contributed by atoms with E-state index in [4.69, 9.17) is 4.74 Å². The van der Waals surface area contributed by atoms with Gasteiger partial charge in [-0.3, -0.25) is 23.9 Å². The van der Waals surface area contributed by atoms with Crippen molar-refractivity contribution in [2.45, 2.75) is 31.5 Å². The topological polar surface area (TPSA) is 221 Å². The zero-order valence-corrected chi connectivity index (χ0v) is 23.9. The van der Waals surface area contributed by atoms with E-state index in [9.17, 15) is 43.6 Å². The summed E-state index contributed by atoms with van der Waals surface area (Å²) in [4.78, 5) is 56.0. The maximum absolute atomic E-state index is 11.8. The van der Waals surface area contributed by atoms with Crippen molar-refractivity contribution in [3.8, 4) is 0 Å². The fourth-order valence-electron chi connectivity index (χ4n) is 2.42. The number of aliphatic hydroxyl groups is 2. The normalized spacial score (nSPS) is 31.7. The monoisotopic (exact) mass is 486 g/mol. The smallest absolute Gasteiger partial charge is 0.790 e. The zero-order chi connectivity index (χ0) is 19.9. The molecular weight excluding hydrogens is 471 g/mol. The third kappa shape index (κ3) is 9.46. The van der Waals surface area contributed by atoms with Crippen molar-refractivity contribution >= 4 is 27.6 Å². The van der Waals surface area contributed by atoms with E-state index >= 15 is 0 Å². The van der Waals surface area contributed by atoms with E-state index in [1.54, 1.807) is 0 Å². The molecule has 0 radical (unpaired) electrons. The molecule has 0 saturated carbocycles. The number of amides is 3. The molecule has 0 bridgehead atoms. The third-order valence-corrected chi connectivity index (χ3v) is 5.72.